The first kappa shape index (κ1) is 10.8. The summed E-state index contributed by atoms with van der Waals surface area (Å²) in [5.41, 5.74) is 3.16. The van der Waals surface area contributed by atoms with Crippen molar-refractivity contribution in [3.63, 3.8) is 0 Å². The molecule has 1 N–H and O–H groups in total. The standard InChI is InChI=1S/C12H22O/c1-8-9(2)11(4)12(10(8)3)6-5-7-13/h10-13H,5-7H2,1-4H3. The summed E-state index contributed by atoms with van der Waals surface area (Å²) in [6.07, 6.45) is 2.13. The molecule has 1 heteroatoms. The number of rotatable bonds is 3. The molecule has 0 amide bonds. The zero-order valence-corrected chi connectivity index (χ0v) is 9.30. The van der Waals surface area contributed by atoms with Crippen LogP contribution in [-0.2, 0) is 0 Å². The third-order valence-corrected chi connectivity index (χ3v) is 3.97. The molecule has 0 aliphatic heterocycles. The van der Waals surface area contributed by atoms with Crippen molar-refractivity contribution in [2.45, 2.75) is 40.5 Å². The lowest BCUT2D eigenvalue weighted by Crippen LogP contribution is -2.14. The molecule has 1 aliphatic carbocycles. The number of aliphatic hydroxyl groups excluding tert-OH is 1. The first-order chi connectivity index (χ1) is 6.09. The van der Waals surface area contributed by atoms with Crippen LogP contribution in [-0.4, -0.2) is 11.7 Å². The Morgan fingerprint density at radius 3 is 1.92 bits per heavy atom. The van der Waals surface area contributed by atoms with E-state index in [0.717, 1.165) is 24.2 Å². The van der Waals surface area contributed by atoms with E-state index in [9.17, 15) is 0 Å². The average molecular weight is 182 g/mol. The van der Waals surface area contributed by atoms with Crippen LogP contribution in [0.3, 0.4) is 0 Å². The van der Waals surface area contributed by atoms with E-state index in [4.69, 9.17) is 5.11 Å². The van der Waals surface area contributed by atoms with Gasteiger partial charge in [0.05, 0.1) is 0 Å². The summed E-state index contributed by atoms with van der Waals surface area (Å²) in [7, 11) is 0. The largest absolute Gasteiger partial charge is 0.396 e. The Hall–Kier alpha value is -0.300. The zero-order chi connectivity index (χ0) is 10.0. The fourth-order valence-corrected chi connectivity index (χ4v) is 2.62. The van der Waals surface area contributed by atoms with E-state index in [1.54, 1.807) is 11.1 Å². The van der Waals surface area contributed by atoms with Gasteiger partial charge < -0.3 is 5.11 Å². The molecule has 0 bridgehead atoms. The number of allylic oxidation sites excluding steroid dienone is 2. The Bertz CT molecular complexity index is 187. The summed E-state index contributed by atoms with van der Waals surface area (Å²) in [6, 6.07) is 0. The third kappa shape index (κ3) is 1.96. The first-order valence-corrected chi connectivity index (χ1v) is 5.37. The predicted molar refractivity (Wildman–Crippen MR) is 56.5 cm³/mol. The van der Waals surface area contributed by atoms with Crippen molar-refractivity contribution in [1.29, 1.82) is 0 Å². The highest BCUT2D eigenvalue weighted by molar-refractivity contribution is 5.23. The maximum Gasteiger partial charge on any atom is 0.0431 e. The fourth-order valence-electron chi connectivity index (χ4n) is 2.62. The number of hydrogen-bond acceptors (Lipinski definition) is 1. The van der Waals surface area contributed by atoms with Crippen molar-refractivity contribution >= 4 is 0 Å². The van der Waals surface area contributed by atoms with Crippen molar-refractivity contribution < 1.29 is 5.11 Å². The summed E-state index contributed by atoms with van der Waals surface area (Å²) in [5.74, 6) is 2.22. The summed E-state index contributed by atoms with van der Waals surface area (Å²) < 4.78 is 0. The topological polar surface area (TPSA) is 20.2 Å². The second-order valence-corrected chi connectivity index (χ2v) is 4.47. The summed E-state index contributed by atoms with van der Waals surface area (Å²) >= 11 is 0. The summed E-state index contributed by atoms with van der Waals surface area (Å²) in [6.45, 7) is 9.51. The van der Waals surface area contributed by atoms with Gasteiger partial charge in [0.25, 0.3) is 0 Å². The molecule has 0 spiro atoms. The van der Waals surface area contributed by atoms with E-state index in [2.05, 4.69) is 27.7 Å². The van der Waals surface area contributed by atoms with Crippen LogP contribution in [0.25, 0.3) is 0 Å². The molecule has 13 heavy (non-hydrogen) atoms. The highest BCUT2D eigenvalue weighted by Gasteiger charge is 2.32. The van der Waals surface area contributed by atoms with Gasteiger partial charge in [-0.15, -0.1) is 0 Å². The molecule has 2 atom stereocenters. The lowest BCUT2D eigenvalue weighted by molar-refractivity contribution is 0.247. The Labute approximate surface area is 81.9 Å². The van der Waals surface area contributed by atoms with Gasteiger partial charge in [-0.2, -0.15) is 0 Å². The van der Waals surface area contributed by atoms with Crippen LogP contribution in [0.4, 0.5) is 0 Å². The fraction of sp³-hybridized carbons (Fsp3) is 0.833. The molecule has 2 unspecified atom stereocenters. The highest BCUT2D eigenvalue weighted by atomic mass is 16.2. The molecule has 76 valence electrons. The molecule has 1 rings (SSSR count). The molecule has 0 aromatic carbocycles. The molecule has 0 radical (unpaired) electrons. The van der Waals surface area contributed by atoms with Crippen LogP contribution in [0.2, 0.25) is 0 Å². The van der Waals surface area contributed by atoms with E-state index < -0.39 is 0 Å². The minimum Gasteiger partial charge on any atom is -0.396 e. The van der Waals surface area contributed by atoms with Gasteiger partial charge in [0.15, 0.2) is 0 Å². The Balaban J connectivity index is 2.61. The minimum absolute atomic E-state index is 0.341. The molecular formula is C12H22O. The van der Waals surface area contributed by atoms with Crippen LogP contribution in [0.15, 0.2) is 11.1 Å². The molecule has 0 fully saturated rings. The molecule has 0 heterocycles. The molecule has 1 aliphatic rings. The number of aliphatic hydroxyl groups is 1. The van der Waals surface area contributed by atoms with E-state index in [1.807, 2.05) is 0 Å². The van der Waals surface area contributed by atoms with Gasteiger partial charge in [-0.25, -0.2) is 0 Å². The molecular weight excluding hydrogens is 160 g/mol. The third-order valence-electron chi connectivity index (χ3n) is 3.97. The second kappa shape index (κ2) is 4.28. The van der Waals surface area contributed by atoms with E-state index >= 15 is 0 Å². The lowest BCUT2D eigenvalue weighted by Gasteiger charge is -2.21. The zero-order valence-electron chi connectivity index (χ0n) is 9.30. The SMILES string of the molecule is CC1=C(C)C(C)C(CCCO)C1C. The van der Waals surface area contributed by atoms with Gasteiger partial charge in [-0.1, -0.05) is 25.0 Å². The van der Waals surface area contributed by atoms with Gasteiger partial charge >= 0.3 is 0 Å². The second-order valence-electron chi connectivity index (χ2n) is 4.47. The normalized spacial score (nSPS) is 34.4. The van der Waals surface area contributed by atoms with Crippen LogP contribution in [0.5, 0.6) is 0 Å². The Morgan fingerprint density at radius 2 is 1.54 bits per heavy atom. The Morgan fingerprint density at radius 1 is 1.08 bits per heavy atom. The maximum absolute atomic E-state index is 8.82. The summed E-state index contributed by atoms with van der Waals surface area (Å²) in [4.78, 5) is 0. The van der Waals surface area contributed by atoms with Crippen LogP contribution in [0.1, 0.15) is 40.5 Å². The van der Waals surface area contributed by atoms with Gasteiger partial charge in [-0.3, -0.25) is 0 Å². The van der Waals surface area contributed by atoms with Crippen molar-refractivity contribution in [1.82, 2.24) is 0 Å². The van der Waals surface area contributed by atoms with Crippen LogP contribution >= 0.6 is 0 Å². The van der Waals surface area contributed by atoms with Crippen molar-refractivity contribution in [3.05, 3.63) is 11.1 Å². The van der Waals surface area contributed by atoms with Gasteiger partial charge in [0.1, 0.15) is 0 Å². The smallest absolute Gasteiger partial charge is 0.0431 e. The highest BCUT2D eigenvalue weighted by Crippen LogP contribution is 2.43. The van der Waals surface area contributed by atoms with Crippen LogP contribution in [0, 0.1) is 17.8 Å². The van der Waals surface area contributed by atoms with Gasteiger partial charge in [0.2, 0.25) is 0 Å². The van der Waals surface area contributed by atoms with Gasteiger partial charge in [-0.05, 0) is 44.4 Å². The monoisotopic (exact) mass is 182 g/mol. The Kier molecular flexibility index (Phi) is 3.55. The lowest BCUT2D eigenvalue weighted by atomic mass is 9.84. The molecule has 1 nitrogen and oxygen atoms in total. The molecule has 0 saturated carbocycles. The van der Waals surface area contributed by atoms with Crippen molar-refractivity contribution in [2.24, 2.45) is 17.8 Å². The predicted octanol–water partition coefficient (Wildman–Crippen LogP) is 3.00. The molecule has 0 aromatic rings. The van der Waals surface area contributed by atoms with E-state index in [1.165, 1.54) is 6.42 Å². The molecule has 0 aromatic heterocycles. The number of hydrogen-bond donors (Lipinski definition) is 1. The average Bonchev–Trinajstić information content (AvgIpc) is 2.30. The minimum atomic E-state index is 0.341. The van der Waals surface area contributed by atoms with Crippen molar-refractivity contribution in [2.75, 3.05) is 6.61 Å². The summed E-state index contributed by atoms with van der Waals surface area (Å²) in [5, 5.41) is 8.82. The van der Waals surface area contributed by atoms with Crippen LogP contribution < -0.4 is 0 Å². The quantitative estimate of drug-likeness (QED) is 0.665. The van der Waals surface area contributed by atoms with Crippen molar-refractivity contribution in [3.8, 4) is 0 Å². The first-order valence-electron chi connectivity index (χ1n) is 5.37. The van der Waals surface area contributed by atoms with E-state index in [-0.39, 0.29) is 0 Å². The maximum atomic E-state index is 8.82. The van der Waals surface area contributed by atoms with Gasteiger partial charge in [0, 0.05) is 6.61 Å². The molecule has 0 saturated heterocycles. The van der Waals surface area contributed by atoms with E-state index in [0.29, 0.717) is 6.61 Å².